The number of amides is 4. The Hall–Kier alpha value is -4.08. The maximum atomic E-state index is 12.5. The molecule has 28 heavy (non-hydrogen) atoms. The van der Waals surface area contributed by atoms with Gasteiger partial charge in [-0.05, 0) is 24.3 Å². The van der Waals surface area contributed by atoms with E-state index in [9.17, 15) is 39.6 Å². The molecule has 0 atom stereocenters. The van der Waals surface area contributed by atoms with Gasteiger partial charge in [-0.3, -0.25) is 19.2 Å². The summed E-state index contributed by atoms with van der Waals surface area (Å²) in [5, 5.41) is 39.7. The number of imide groups is 2. The smallest absolute Gasteiger partial charge is 0.243 e. The molecule has 1 aliphatic heterocycles. The highest BCUT2D eigenvalue weighted by atomic mass is 16.3. The molecule has 0 unspecified atom stereocenters. The number of hydrogen-bond acceptors (Lipinski definition) is 8. The van der Waals surface area contributed by atoms with Crippen molar-refractivity contribution >= 4 is 35.0 Å². The number of hydrogen-bond donors (Lipinski definition) is 4. The molecule has 0 aromatic heterocycles. The summed E-state index contributed by atoms with van der Waals surface area (Å²) in [4.78, 5) is 50.9. The summed E-state index contributed by atoms with van der Waals surface area (Å²) < 4.78 is 0. The Labute approximate surface area is 157 Å². The van der Waals surface area contributed by atoms with Crippen molar-refractivity contribution in [1.29, 1.82) is 0 Å². The van der Waals surface area contributed by atoms with Crippen LogP contribution >= 0.6 is 0 Å². The van der Waals surface area contributed by atoms with Crippen LogP contribution in [0.25, 0.3) is 0 Å². The highest BCUT2D eigenvalue weighted by molar-refractivity contribution is 6.32. The fourth-order valence-electron chi connectivity index (χ4n) is 2.85. The van der Waals surface area contributed by atoms with Gasteiger partial charge in [-0.15, -0.1) is 0 Å². The van der Waals surface area contributed by atoms with E-state index < -0.39 is 70.8 Å². The Kier molecular flexibility index (Phi) is 4.62. The third kappa shape index (κ3) is 3.07. The van der Waals surface area contributed by atoms with Gasteiger partial charge in [0.15, 0.2) is 0 Å². The molecule has 10 nitrogen and oxygen atoms in total. The summed E-state index contributed by atoms with van der Waals surface area (Å²) in [6.07, 6.45) is -2.00. The molecular weight excluding hydrogens is 372 g/mol. The van der Waals surface area contributed by atoms with E-state index in [1.807, 2.05) is 0 Å². The predicted molar refractivity (Wildman–Crippen MR) is 93.8 cm³/mol. The van der Waals surface area contributed by atoms with Gasteiger partial charge in [-0.25, -0.2) is 9.80 Å². The second kappa shape index (κ2) is 6.91. The molecule has 0 spiro atoms. The zero-order valence-corrected chi connectivity index (χ0v) is 14.2. The van der Waals surface area contributed by atoms with Crippen LogP contribution < -0.4 is 9.80 Å². The molecule has 10 heteroatoms. The quantitative estimate of drug-likeness (QED) is 0.435. The first-order valence-corrected chi connectivity index (χ1v) is 7.95. The van der Waals surface area contributed by atoms with Crippen LogP contribution in [0.1, 0.15) is 12.8 Å². The average molecular weight is 386 g/mol. The molecule has 4 amide bonds. The number of carbonyl (C=O) groups is 4. The van der Waals surface area contributed by atoms with Crippen LogP contribution in [0.3, 0.4) is 0 Å². The molecule has 1 heterocycles. The van der Waals surface area contributed by atoms with Gasteiger partial charge in [0.25, 0.3) is 0 Å². The van der Waals surface area contributed by atoms with E-state index in [1.165, 1.54) is 12.1 Å². The summed E-state index contributed by atoms with van der Waals surface area (Å²) in [5.74, 6) is -6.85. The number of benzene rings is 2. The second-order valence-electron chi connectivity index (χ2n) is 5.89. The number of nitrogens with zero attached hydrogens (tertiary/aromatic N) is 2. The predicted octanol–water partition coefficient (Wildman–Crippen LogP) is 0.722. The molecule has 0 aliphatic carbocycles. The van der Waals surface area contributed by atoms with Crippen LogP contribution in [-0.2, 0) is 19.2 Å². The van der Waals surface area contributed by atoms with E-state index in [-0.39, 0.29) is 0 Å². The van der Waals surface area contributed by atoms with Crippen molar-refractivity contribution in [2.45, 2.75) is 12.8 Å². The van der Waals surface area contributed by atoms with Gasteiger partial charge in [0.1, 0.15) is 47.2 Å². The van der Waals surface area contributed by atoms with E-state index in [0.29, 0.717) is 9.80 Å². The topological polar surface area (TPSA) is 156 Å². The molecular formula is C18H14N2O8. The van der Waals surface area contributed by atoms with Gasteiger partial charge in [-0.2, -0.15) is 0 Å². The van der Waals surface area contributed by atoms with Crippen molar-refractivity contribution in [3.05, 3.63) is 36.4 Å². The van der Waals surface area contributed by atoms with E-state index in [1.54, 1.807) is 0 Å². The number of phenols is 4. The van der Waals surface area contributed by atoms with Crippen molar-refractivity contribution in [3.8, 4) is 23.0 Å². The zero-order chi connectivity index (χ0) is 20.6. The van der Waals surface area contributed by atoms with Crippen LogP contribution in [0.4, 0.5) is 11.4 Å². The fourth-order valence-corrected chi connectivity index (χ4v) is 2.85. The summed E-state index contributed by atoms with van der Waals surface area (Å²) in [5.41, 5.74) is -1.09. The minimum absolute atomic E-state index is 0.364. The van der Waals surface area contributed by atoms with Crippen LogP contribution in [0.5, 0.6) is 23.0 Å². The number of carbonyl (C=O) groups excluding carboxylic acids is 4. The molecule has 0 radical (unpaired) electrons. The monoisotopic (exact) mass is 386 g/mol. The maximum absolute atomic E-state index is 12.5. The molecule has 0 saturated carbocycles. The lowest BCUT2D eigenvalue weighted by Crippen LogP contribution is -2.49. The van der Waals surface area contributed by atoms with Gasteiger partial charge in [0.2, 0.25) is 23.6 Å². The number of anilines is 2. The van der Waals surface area contributed by atoms with Crippen LogP contribution in [0.15, 0.2) is 36.4 Å². The van der Waals surface area contributed by atoms with Gasteiger partial charge in [-0.1, -0.05) is 12.1 Å². The third-order valence-corrected chi connectivity index (χ3v) is 4.04. The lowest BCUT2D eigenvalue weighted by Gasteiger charge is -2.28. The number of rotatable bonds is 2. The summed E-state index contributed by atoms with van der Waals surface area (Å²) in [6.45, 7) is 0. The standard InChI is InChI=1S/C18H14N2O8/c21-9-3-1-4-10(22)17(9)19-13(25)7-15(27)20(16(28)8-14(19)26)18-11(23)5-2-6-12(18)24/h1-6,21-24H,7-8H2. The first kappa shape index (κ1) is 18.7. The largest absolute Gasteiger partial charge is 0.506 e. The molecule has 0 bridgehead atoms. The third-order valence-electron chi connectivity index (χ3n) is 4.04. The van der Waals surface area contributed by atoms with Crippen LogP contribution in [0, 0.1) is 0 Å². The van der Waals surface area contributed by atoms with Gasteiger partial charge >= 0.3 is 0 Å². The van der Waals surface area contributed by atoms with Crippen molar-refractivity contribution in [1.82, 2.24) is 0 Å². The Morgan fingerprint density at radius 1 is 0.536 bits per heavy atom. The summed E-state index contributed by atoms with van der Waals surface area (Å²) in [6, 6.07) is 7.00. The van der Waals surface area contributed by atoms with E-state index in [0.717, 1.165) is 24.3 Å². The molecule has 3 rings (SSSR count). The molecule has 4 N–H and O–H groups in total. The normalized spacial score (nSPS) is 15.6. The molecule has 1 saturated heterocycles. The lowest BCUT2D eigenvalue weighted by atomic mass is 10.1. The Bertz CT molecular complexity index is 867. The lowest BCUT2D eigenvalue weighted by molar-refractivity contribution is -0.135. The Morgan fingerprint density at radius 2 is 0.786 bits per heavy atom. The first-order valence-electron chi connectivity index (χ1n) is 7.95. The van der Waals surface area contributed by atoms with Gasteiger partial charge < -0.3 is 20.4 Å². The summed E-state index contributed by atoms with van der Waals surface area (Å²) >= 11 is 0. The van der Waals surface area contributed by atoms with Gasteiger partial charge in [0.05, 0.1) is 0 Å². The average Bonchev–Trinajstić information content (AvgIpc) is 2.60. The van der Waals surface area contributed by atoms with Crippen molar-refractivity contribution < 1.29 is 39.6 Å². The Morgan fingerprint density at radius 3 is 1.04 bits per heavy atom. The van der Waals surface area contributed by atoms with Crippen molar-refractivity contribution in [2.75, 3.05) is 9.80 Å². The second-order valence-corrected chi connectivity index (χ2v) is 5.89. The molecule has 1 fully saturated rings. The van der Waals surface area contributed by atoms with E-state index in [2.05, 4.69) is 0 Å². The minimum atomic E-state index is -1.11. The molecule has 1 aliphatic rings. The van der Waals surface area contributed by atoms with Crippen molar-refractivity contribution in [3.63, 3.8) is 0 Å². The molecule has 2 aromatic carbocycles. The number of para-hydroxylation sites is 2. The van der Waals surface area contributed by atoms with Gasteiger partial charge in [0, 0.05) is 0 Å². The summed E-state index contributed by atoms with van der Waals surface area (Å²) in [7, 11) is 0. The SMILES string of the molecule is O=C1CC(=O)N(c2c(O)cccc2O)C(=O)CC(=O)N1c1c(O)cccc1O. The fraction of sp³-hybridized carbons (Fsp3) is 0.111. The Balaban J connectivity index is 2.06. The van der Waals surface area contributed by atoms with E-state index in [4.69, 9.17) is 0 Å². The minimum Gasteiger partial charge on any atom is -0.506 e. The first-order chi connectivity index (χ1) is 13.2. The highest BCUT2D eigenvalue weighted by Gasteiger charge is 2.39. The van der Waals surface area contributed by atoms with E-state index >= 15 is 0 Å². The van der Waals surface area contributed by atoms with Crippen LogP contribution in [0.2, 0.25) is 0 Å². The molecule has 2 aromatic rings. The number of aromatic hydroxyl groups is 4. The molecule has 144 valence electrons. The highest BCUT2D eigenvalue weighted by Crippen LogP contribution is 2.40. The van der Waals surface area contributed by atoms with Crippen molar-refractivity contribution in [2.24, 2.45) is 0 Å². The zero-order valence-electron chi connectivity index (χ0n) is 14.2. The number of phenolic OH excluding ortho intramolecular Hbond substituents is 4. The van der Waals surface area contributed by atoms with Crippen LogP contribution in [-0.4, -0.2) is 44.1 Å². The maximum Gasteiger partial charge on any atom is 0.243 e.